The molecule has 0 saturated heterocycles. The molecule has 0 unspecified atom stereocenters. The molecule has 0 atom stereocenters. The van der Waals surface area contributed by atoms with Gasteiger partial charge in [-0.3, -0.25) is 14.9 Å². The van der Waals surface area contributed by atoms with Crippen molar-refractivity contribution in [2.24, 2.45) is 0 Å². The number of ether oxygens (including phenoxy) is 2. The van der Waals surface area contributed by atoms with Crippen molar-refractivity contribution in [3.63, 3.8) is 0 Å². The molecule has 2 aromatic carbocycles. The minimum absolute atomic E-state index is 0.00247. The van der Waals surface area contributed by atoms with Crippen LogP contribution < -0.4 is 14.8 Å². The Kier molecular flexibility index (Phi) is 5.20. The molecule has 0 fully saturated rings. The number of carbonyl (C=O) groups is 1. The summed E-state index contributed by atoms with van der Waals surface area (Å²) in [5.74, 6) is 0.346. The maximum atomic E-state index is 12.1. The number of nitrogens with zero attached hydrogens (tertiary/aromatic N) is 1. The van der Waals surface area contributed by atoms with Crippen LogP contribution in [-0.2, 0) is 11.2 Å². The third-order valence-corrected chi connectivity index (χ3v) is 3.28. The van der Waals surface area contributed by atoms with Gasteiger partial charge in [-0.15, -0.1) is 0 Å². The van der Waals surface area contributed by atoms with Crippen LogP contribution in [-0.4, -0.2) is 30.2 Å². The Morgan fingerprint density at radius 2 is 1.88 bits per heavy atom. The van der Waals surface area contributed by atoms with Gasteiger partial charge in [0.1, 0.15) is 5.75 Å². The quantitative estimate of drug-likeness (QED) is 0.477. The van der Waals surface area contributed by atoms with Gasteiger partial charge in [-0.05, 0) is 23.8 Å². The first kappa shape index (κ1) is 17.1. The molecule has 0 bridgehead atoms. The molecular weight excluding hydrogens is 316 g/mol. The number of hydrogen-bond acceptors (Lipinski definition) is 6. The van der Waals surface area contributed by atoms with E-state index in [0.29, 0.717) is 17.1 Å². The van der Waals surface area contributed by atoms with E-state index in [9.17, 15) is 20.0 Å². The van der Waals surface area contributed by atoms with Gasteiger partial charge in [0.05, 0.1) is 31.3 Å². The fourth-order valence-electron chi connectivity index (χ4n) is 2.11. The first-order chi connectivity index (χ1) is 11.4. The molecule has 0 saturated carbocycles. The van der Waals surface area contributed by atoms with Crippen LogP contribution in [0.5, 0.6) is 17.2 Å². The second-order valence-electron chi connectivity index (χ2n) is 4.87. The predicted molar refractivity (Wildman–Crippen MR) is 86.6 cm³/mol. The Bertz CT molecular complexity index is 775. The zero-order valence-corrected chi connectivity index (χ0v) is 13.1. The molecule has 0 aliphatic carbocycles. The Balaban J connectivity index is 2.14. The standard InChI is InChI=1S/C16H16N2O6/c1-23-14-6-3-10(7-15(14)24-2)8-16(20)17-12-9-11(18(21)22)4-5-13(12)19/h3-7,9,19H,8H2,1-2H3,(H,17,20). The zero-order valence-electron chi connectivity index (χ0n) is 13.1. The van der Waals surface area contributed by atoms with Gasteiger partial charge in [-0.2, -0.15) is 0 Å². The number of methoxy groups -OCH3 is 2. The summed E-state index contributed by atoms with van der Waals surface area (Å²) in [6.07, 6.45) is 0.00247. The average molecular weight is 332 g/mol. The van der Waals surface area contributed by atoms with E-state index < -0.39 is 10.8 Å². The zero-order chi connectivity index (χ0) is 17.7. The third kappa shape index (κ3) is 3.92. The fraction of sp³-hybridized carbons (Fsp3) is 0.188. The molecule has 1 amide bonds. The lowest BCUT2D eigenvalue weighted by molar-refractivity contribution is -0.384. The summed E-state index contributed by atoms with van der Waals surface area (Å²) in [5, 5.41) is 22.9. The van der Waals surface area contributed by atoms with Gasteiger partial charge in [0.15, 0.2) is 11.5 Å². The molecule has 0 spiro atoms. The molecule has 2 rings (SSSR count). The summed E-state index contributed by atoms with van der Waals surface area (Å²) in [6.45, 7) is 0. The number of non-ortho nitro benzene ring substituents is 1. The topological polar surface area (TPSA) is 111 Å². The molecule has 0 aromatic heterocycles. The minimum atomic E-state index is -0.608. The normalized spacial score (nSPS) is 10.1. The number of carbonyl (C=O) groups excluding carboxylic acids is 1. The van der Waals surface area contributed by atoms with Gasteiger partial charge in [-0.25, -0.2) is 0 Å². The highest BCUT2D eigenvalue weighted by Gasteiger charge is 2.14. The highest BCUT2D eigenvalue weighted by Crippen LogP contribution is 2.29. The number of aromatic hydroxyl groups is 1. The molecule has 2 aromatic rings. The van der Waals surface area contributed by atoms with E-state index in [0.717, 1.165) is 18.2 Å². The van der Waals surface area contributed by atoms with Crippen LogP contribution in [0.2, 0.25) is 0 Å². The minimum Gasteiger partial charge on any atom is -0.506 e. The number of nitrogens with one attached hydrogen (secondary N) is 1. The number of hydrogen-bond donors (Lipinski definition) is 2. The van der Waals surface area contributed by atoms with E-state index in [4.69, 9.17) is 9.47 Å². The van der Waals surface area contributed by atoms with Crippen molar-refractivity contribution < 1.29 is 24.3 Å². The first-order valence-corrected chi connectivity index (χ1v) is 6.92. The summed E-state index contributed by atoms with van der Waals surface area (Å²) in [7, 11) is 3.00. The van der Waals surface area contributed by atoms with Gasteiger partial charge in [0, 0.05) is 12.1 Å². The predicted octanol–water partition coefficient (Wildman–Crippen LogP) is 2.50. The van der Waals surface area contributed by atoms with Crippen LogP contribution in [0.4, 0.5) is 11.4 Å². The largest absolute Gasteiger partial charge is 0.506 e. The lowest BCUT2D eigenvalue weighted by atomic mass is 10.1. The summed E-state index contributed by atoms with van der Waals surface area (Å²) < 4.78 is 10.3. The van der Waals surface area contributed by atoms with Crippen molar-refractivity contribution in [1.29, 1.82) is 0 Å². The number of amides is 1. The van der Waals surface area contributed by atoms with Crippen molar-refractivity contribution in [1.82, 2.24) is 0 Å². The Morgan fingerprint density at radius 3 is 2.50 bits per heavy atom. The third-order valence-electron chi connectivity index (χ3n) is 3.28. The summed E-state index contributed by atoms with van der Waals surface area (Å²) in [6, 6.07) is 8.44. The van der Waals surface area contributed by atoms with Crippen molar-refractivity contribution in [3.05, 3.63) is 52.1 Å². The van der Waals surface area contributed by atoms with Gasteiger partial charge in [0.25, 0.3) is 5.69 Å². The van der Waals surface area contributed by atoms with Gasteiger partial charge in [0.2, 0.25) is 5.91 Å². The number of anilines is 1. The van der Waals surface area contributed by atoms with Crippen LogP contribution in [0.1, 0.15) is 5.56 Å². The number of benzene rings is 2. The second-order valence-corrected chi connectivity index (χ2v) is 4.87. The van der Waals surface area contributed by atoms with E-state index >= 15 is 0 Å². The molecule has 8 heteroatoms. The average Bonchev–Trinajstić information content (AvgIpc) is 2.56. The Labute approximate surface area is 137 Å². The number of phenolic OH excluding ortho intramolecular Hbond substituents is 1. The van der Waals surface area contributed by atoms with E-state index in [-0.39, 0.29) is 23.5 Å². The molecule has 0 aliphatic heterocycles. The highest BCUT2D eigenvalue weighted by molar-refractivity contribution is 5.94. The smallest absolute Gasteiger partial charge is 0.271 e. The lowest BCUT2D eigenvalue weighted by Gasteiger charge is -2.10. The molecule has 0 radical (unpaired) electrons. The van der Waals surface area contributed by atoms with Crippen LogP contribution >= 0.6 is 0 Å². The summed E-state index contributed by atoms with van der Waals surface area (Å²) in [5.41, 5.74) is 0.416. The Hall–Kier alpha value is -3.29. The summed E-state index contributed by atoms with van der Waals surface area (Å²) >= 11 is 0. The van der Waals surface area contributed by atoms with Gasteiger partial charge >= 0.3 is 0 Å². The number of rotatable bonds is 6. The lowest BCUT2D eigenvalue weighted by Crippen LogP contribution is -2.14. The number of nitro groups is 1. The van der Waals surface area contributed by atoms with Crippen LogP contribution in [0.3, 0.4) is 0 Å². The van der Waals surface area contributed by atoms with E-state index in [1.807, 2.05) is 0 Å². The molecule has 126 valence electrons. The van der Waals surface area contributed by atoms with E-state index in [1.165, 1.54) is 14.2 Å². The van der Waals surface area contributed by atoms with E-state index in [1.54, 1.807) is 18.2 Å². The molecule has 0 heterocycles. The first-order valence-electron chi connectivity index (χ1n) is 6.92. The molecule has 2 N–H and O–H groups in total. The molecule has 24 heavy (non-hydrogen) atoms. The molecular formula is C16H16N2O6. The molecule has 8 nitrogen and oxygen atoms in total. The Morgan fingerprint density at radius 1 is 1.17 bits per heavy atom. The van der Waals surface area contributed by atoms with Crippen LogP contribution in [0, 0.1) is 10.1 Å². The van der Waals surface area contributed by atoms with Crippen molar-refractivity contribution >= 4 is 17.3 Å². The van der Waals surface area contributed by atoms with E-state index in [2.05, 4.69) is 5.32 Å². The van der Waals surface area contributed by atoms with Gasteiger partial charge < -0.3 is 19.9 Å². The van der Waals surface area contributed by atoms with Crippen molar-refractivity contribution in [3.8, 4) is 17.2 Å². The van der Waals surface area contributed by atoms with Crippen molar-refractivity contribution in [2.45, 2.75) is 6.42 Å². The second kappa shape index (κ2) is 7.32. The summed E-state index contributed by atoms with van der Waals surface area (Å²) in [4.78, 5) is 22.3. The van der Waals surface area contributed by atoms with Gasteiger partial charge in [-0.1, -0.05) is 6.07 Å². The maximum Gasteiger partial charge on any atom is 0.271 e. The maximum absolute atomic E-state index is 12.1. The van der Waals surface area contributed by atoms with Crippen LogP contribution in [0.15, 0.2) is 36.4 Å². The SMILES string of the molecule is COc1ccc(CC(=O)Nc2cc([N+](=O)[O-])ccc2O)cc1OC. The molecule has 0 aliphatic rings. The van der Waals surface area contributed by atoms with Crippen molar-refractivity contribution in [2.75, 3.05) is 19.5 Å². The number of nitro benzene ring substituents is 1. The van der Waals surface area contributed by atoms with Crippen LogP contribution in [0.25, 0.3) is 0 Å². The number of phenols is 1. The monoisotopic (exact) mass is 332 g/mol. The highest BCUT2D eigenvalue weighted by atomic mass is 16.6. The fourth-order valence-corrected chi connectivity index (χ4v) is 2.11.